The average Bonchev–Trinajstić information content (AvgIpc) is 3.05. The van der Waals surface area contributed by atoms with Crippen LogP contribution in [0.5, 0.6) is 0 Å². The van der Waals surface area contributed by atoms with Crippen LogP contribution in [-0.2, 0) is 4.74 Å². The van der Waals surface area contributed by atoms with Crippen LogP contribution in [0.1, 0.15) is 33.9 Å². The summed E-state index contributed by atoms with van der Waals surface area (Å²) in [5.74, 6) is -0.745. The second-order valence-electron chi connectivity index (χ2n) is 6.08. The normalized spacial score (nSPS) is 10.8. The molecule has 1 N–H and O–H groups in total. The fourth-order valence-electron chi connectivity index (χ4n) is 2.42. The Hall–Kier alpha value is -3.26. The molecule has 0 aliphatic carbocycles. The number of rotatable bonds is 5. The van der Waals surface area contributed by atoms with Gasteiger partial charge in [0.05, 0.1) is 21.5 Å². The zero-order valence-corrected chi connectivity index (χ0v) is 15.4. The molecule has 0 bridgehead atoms. The first-order valence-electron chi connectivity index (χ1n) is 8.14. The number of anilines is 1. The van der Waals surface area contributed by atoms with Gasteiger partial charge in [-0.1, -0.05) is 0 Å². The van der Waals surface area contributed by atoms with Crippen molar-refractivity contribution in [2.45, 2.75) is 20.0 Å². The maximum atomic E-state index is 12.4. The molecule has 138 valence electrons. The number of hydrogen-bond donors (Lipinski definition) is 1. The number of esters is 1. The van der Waals surface area contributed by atoms with E-state index in [1.165, 1.54) is 23.5 Å². The minimum absolute atomic E-state index is 0.0175. The van der Waals surface area contributed by atoms with E-state index in [1.807, 2.05) is 0 Å². The minimum atomic E-state index is -0.470. The molecule has 2 aromatic carbocycles. The number of non-ortho nitro benzene ring substituents is 1. The first kappa shape index (κ1) is 18.5. The topological polar surface area (TPSA) is 98.5 Å². The third-order valence-electron chi connectivity index (χ3n) is 3.66. The molecule has 0 unspecified atom stereocenters. The maximum absolute atomic E-state index is 12.4. The molecule has 0 saturated heterocycles. The van der Waals surface area contributed by atoms with E-state index in [0.717, 1.165) is 4.70 Å². The highest BCUT2D eigenvalue weighted by molar-refractivity contribution is 7.20. The summed E-state index contributed by atoms with van der Waals surface area (Å²) in [4.78, 5) is 35.1. The number of carbonyl (C=O) groups is 2. The molecule has 0 saturated carbocycles. The lowest BCUT2D eigenvalue weighted by Gasteiger charge is -2.08. The van der Waals surface area contributed by atoms with Crippen molar-refractivity contribution < 1.29 is 19.2 Å². The first-order valence-corrected chi connectivity index (χ1v) is 8.95. The molecule has 1 amide bonds. The lowest BCUT2D eigenvalue weighted by molar-refractivity contribution is -0.384. The van der Waals surface area contributed by atoms with Crippen molar-refractivity contribution in [1.82, 2.24) is 0 Å². The van der Waals surface area contributed by atoms with E-state index in [2.05, 4.69) is 5.32 Å². The van der Waals surface area contributed by atoms with E-state index in [9.17, 15) is 19.7 Å². The highest BCUT2D eigenvalue weighted by Crippen LogP contribution is 2.29. The molecule has 0 aliphatic rings. The van der Waals surface area contributed by atoms with Crippen LogP contribution in [-0.4, -0.2) is 22.9 Å². The third kappa shape index (κ3) is 4.29. The highest BCUT2D eigenvalue weighted by atomic mass is 32.1. The number of amides is 1. The van der Waals surface area contributed by atoms with Gasteiger partial charge in [0.1, 0.15) is 0 Å². The molecule has 0 atom stereocenters. The second-order valence-corrected chi connectivity index (χ2v) is 7.16. The number of nitro groups is 1. The molecular formula is C19H16N2O5S. The van der Waals surface area contributed by atoms with Gasteiger partial charge in [0.2, 0.25) is 0 Å². The summed E-state index contributed by atoms with van der Waals surface area (Å²) in [7, 11) is 0. The van der Waals surface area contributed by atoms with Crippen LogP contribution in [0.25, 0.3) is 10.1 Å². The zero-order valence-electron chi connectivity index (χ0n) is 14.6. The van der Waals surface area contributed by atoms with Crippen molar-refractivity contribution in [2.24, 2.45) is 0 Å². The molecule has 3 rings (SSSR count). The van der Waals surface area contributed by atoms with Gasteiger partial charge in [-0.15, -0.1) is 11.3 Å². The second kappa shape index (κ2) is 7.55. The number of thiophene rings is 1. The monoisotopic (exact) mass is 384 g/mol. The van der Waals surface area contributed by atoms with Gasteiger partial charge in [-0.25, -0.2) is 4.79 Å². The average molecular weight is 384 g/mol. The quantitative estimate of drug-likeness (QED) is 0.393. The molecule has 0 spiro atoms. The predicted octanol–water partition coefficient (Wildman–Crippen LogP) is 4.63. The van der Waals surface area contributed by atoms with Crippen molar-refractivity contribution in [3.05, 3.63) is 69.1 Å². The number of hydrogen-bond acceptors (Lipinski definition) is 6. The van der Waals surface area contributed by atoms with Crippen molar-refractivity contribution >= 4 is 44.7 Å². The summed E-state index contributed by atoms with van der Waals surface area (Å²) in [6, 6.07) is 12.5. The first-order chi connectivity index (χ1) is 12.8. The van der Waals surface area contributed by atoms with E-state index in [-0.39, 0.29) is 17.7 Å². The van der Waals surface area contributed by atoms with Crippen molar-refractivity contribution in [2.75, 3.05) is 5.32 Å². The number of benzene rings is 2. The molecule has 1 heterocycles. The van der Waals surface area contributed by atoms with Crippen LogP contribution in [0.3, 0.4) is 0 Å². The van der Waals surface area contributed by atoms with Crippen LogP contribution in [0, 0.1) is 10.1 Å². The Labute approximate surface area is 158 Å². The summed E-state index contributed by atoms with van der Waals surface area (Å²) in [5, 5.41) is 14.3. The lowest BCUT2D eigenvalue weighted by Crippen LogP contribution is -2.12. The van der Waals surface area contributed by atoms with Crippen LogP contribution in [0.2, 0.25) is 0 Å². The minimum Gasteiger partial charge on any atom is -0.459 e. The Bertz CT molecular complexity index is 1020. The maximum Gasteiger partial charge on any atom is 0.338 e. The fourth-order valence-corrected chi connectivity index (χ4v) is 3.36. The Kier molecular flexibility index (Phi) is 5.18. The van der Waals surface area contributed by atoms with Gasteiger partial charge >= 0.3 is 5.97 Å². The van der Waals surface area contributed by atoms with E-state index >= 15 is 0 Å². The summed E-state index contributed by atoms with van der Waals surface area (Å²) in [5.41, 5.74) is 0.913. The van der Waals surface area contributed by atoms with Crippen molar-refractivity contribution in [3.8, 4) is 0 Å². The summed E-state index contributed by atoms with van der Waals surface area (Å²) >= 11 is 1.25. The van der Waals surface area contributed by atoms with Gasteiger partial charge in [0.25, 0.3) is 11.6 Å². The Morgan fingerprint density at radius 1 is 1.11 bits per heavy atom. The van der Waals surface area contributed by atoms with Gasteiger partial charge in [-0.05, 0) is 50.2 Å². The molecular weight excluding hydrogens is 368 g/mol. The Balaban J connectivity index is 1.74. The number of nitrogens with one attached hydrogen (secondary N) is 1. The molecule has 0 aliphatic heterocycles. The molecule has 3 aromatic rings. The molecule has 27 heavy (non-hydrogen) atoms. The number of ether oxygens (including phenoxy) is 1. The Morgan fingerprint density at radius 3 is 2.44 bits per heavy atom. The number of nitrogens with zero attached hydrogens (tertiary/aromatic N) is 1. The summed E-state index contributed by atoms with van der Waals surface area (Å²) < 4.78 is 5.90. The number of fused-ring (bicyclic) bond motifs is 1. The molecule has 7 nitrogen and oxygen atoms in total. The van der Waals surface area contributed by atoms with E-state index in [1.54, 1.807) is 50.2 Å². The van der Waals surface area contributed by atoms with Gasteiger partial charge in [0.15, 0.2) is 0 Å². The van der Waals surface area contributed by atoms with Crippen molar-refractivity contribution in [1.29, 1.82) is 0 Å². The molecule has 1 aromatic heterocycles. The van der Waals surface area contributed by atoms with Gasteiger partial charge in [-0.2, -0.15) is 0 Å². The number of nitro benzene ring substituents is 1. The number of carbonyl (C=O) groups excluding carboxylic acids is 2. The van der Waals surface area contributed by atoms with Gasteiger partial charge in [-0.3, -0.25) is 14.9 Å². The molecule has 8 heteroatoms. The third-order valence-corrected chi connectivity index (χ3v) is 4.77. The zero-order chi connectivity index (χ0) is 19.6. The Morgan fingerprint density at radius 2 is 1.81 bits per heavy atom. The molecule has 0 fully saturated rings. The predicted molar refractivity (Wildman–Crippen MR) is 103 cm³/mol. The standard InChI is InChI=1S/C19H16N2O5S/c1-11(2)26-19(23)12-3-5-14(6-4-12)20-18(22)17-10-13-9-15(21(24)25)7-8-16(13)27-17/h3-11H,1-2H3,(H,20,22). The fraction of sp³-hybridized carbons (Fsp3) is 0.158. The summed E-state index contributed by atoms with van der Waals surface area (Å²) in [6.45, 7) is 3.54. The van der Waals surface area contributed by atoms with E-state index in [0.29, 0.717) is 21.5 Å². The van der Waals surface area contributed by atoms with E-state index < -0.39 is 10.9 Å². The van der Waals surface area contributed by atoms with Crippen LogP contribution in [0.4, 0.5) is 11.4 Å². The van der Waals surface area contributed by atoms with Crippen LogP contribution >= 0.6 is 11.3 Å². The molecule has 0 radical (unpaired) electrons. The van der Waals surface area contributed by atoms with Gasteiger partial charge in [0, 0.05) is 27.9 Å². The van der Waals surface area contributed by atoms with E-state index in [4.69, 9.17) is 4.74 Å². The smallest absolute Gasteiger partial charge is 0.338 e. The van der Waals surface area contributed by atoms with Crippen LogP contribution in [0.15, 0.2) is 48.5 Å². The SMILES string of the molecule is CC(C)OC(=O)c1ccc(NC(=O)c2cc3cc([N+](=O)[O-])ccc3s2)cc1. The van der Waals surface area contributed by atoms with Crippen molar-refractivity contribution in [3.63, 3.8) is 0 Å². The van der Waals surface area contributed by atoms with Gasteiger partial charge < -0.3 is 10.1 Å². The van der Waals surface area contributed by atoms with Crippen LogP contribution < -0.4 is 5.32 Å². The summed E-state index contributed by atoms with van der Waals surface area (Å²) in [6.07, 6.45) is -0.208. The highest BCUT2D eigenvalue weighted by Gasteiger charge is 2.14. The lowest BCUT2D eigenvalue weighted by atomic mass is 10.2. The largest absolute Gasteiger partial charge is 0.459 e.